The first kappa shape index (κ1) is 14.2. The van der Waals surface area contributed by atoms with Gasteiger partial charge in [-0.1, -0.05) is 45.0 Å². The van der Waals surface area contributed by atoms with Crippen molar-refractivity contribution in [1.82, 2.24) is 10.2 Å². The summed E-state index contributed by atoms with van der Waals surface area (Å²) in [5.41, 5.74) is 2.93. The highest BCUT2D eigenvalue weighted by Crippen LogP contribution is 2.11. The van der Waals surface area contributed by atoms with E-state index in [1.807, 2.05) is 0 Å². The minimum atomic E-state index is 0.570. The number of hydrogen-bond donors (Lipinski definition) is 1. The van der Waals surface area contributed by atoms with Crippen LogP contribution in [-0.2, 0) is 13.0 Å². The van der Waals surface area contributed by atoms with Crippen molar-refractivity contribution in [2.75, 3.05) is 20.1 Å². The molecule has 2 heteroatoms. The van der Waals surface area contributed by atoms with E-state index in [1.54, 1.807) is 0 Å². The Labute approximate surface area is 106 Å². The average Bonchev–Trinajstić information content (AvgIpc) is 2.30. The summed E-state index contributed by atoms with van der Waals surface area (Å²) in [6.07, 6.45) is 1.12. The maximum Gasteiger partial charge on any atom is 0.0233 e. The zero-order valence-corrected chi connectivity index (χ0v) is 11.7. The Bertz CT molecular complexity index is 320. The van der Waals surface area contributed by atoms with E-state index in [9.17, 15) is 0 Å². The summed E-state index contributed by atoms with van der Waals surface area (Å²) < 4.78 is 0. The van der Waals surface area contributed by atoms with E-state index in [1.165, 1.54) is 11.1 Å². The lowest BCUT2D eigenvalue weighted by Gasteiger charge is -2.17. The van der Waals surface area contributed by atoms with E-state index in [4.69, 9.17) is 0 Å². The smallest absolute Gasteiger partial charge is 0.0233 e. The minimum Gasteiger partial charge on any atom is -0.314 e. The summed E-state index contributed by atoms with van der Waals surface area (Å²) in [4.78, 5) is 2.34. The molecule has 96 valence electrons. The Balaban J connectivity index is 2.57. The van der Waals surface area contributed by atoms with Crippen molar-refractivity contribution in [2.45, 2.75) is 39.8 Å². The van der Waals surface area contributed by atoms with Gasteiger partial charge in [-0.05, 0) is 37.7 Å². The lowest BCUT2D eigenvalue weighted by Crippen LogP contribution is -2.25. The molecule has 0 aromatic heterocycles. The number of rotatable bonds is 7. The van der Waals surface area contributed by atoms with Crippen LogP contribution in [0, 0.1) is 0 Å². The van der Waals surface area contributed by atoms with E-state index in [2.05, 4.69) is 62.3 Å². The van der Waals surface area contributed by atoms with E-state index in [0.29, 0.717) is 6.04 Å². The molecule has 1 N–H and O–H groups in total. The molecule has 0 saturated heterocycles. The number of nitrogens with one attached hydrogen (secondary N) is 1. The highest BCUT2D eigenvalue weighted by molar-refractivity contribution is 5.27. The third-order valence-corrected chi connectivity index (χ3v) is 3.05. The fourth-order valence-corrected chi connectivity index (χ4v) is 1.85. The van der Waals surface area contributed by atoms with Gasteiger partial charge in [0.1, 0.15) is 0 Å². The van der Waals surface area contributed by atoms with Gasteiger partial charge in [0.05, 0.1) is 0 Å². The Kier molecular flexibility index (Phi) is 6.23. The molecule has 0 aliphatic rings. The van der Waals surface area contributed by atoms with Crippen molar-refractivity contribution in [3.8, 4) is 0 Å². The predicted octanol–water partition coefficient (Wildman–Crippen LogP) is 2.68. The van der Waals surface area contributed by atoms with Gasteiger partial charge < -0.3 is 10.2 Å². The van der Waals surface area contributed by atoms with E-state index in [0.717, 1.165) is 26.1 Å². The van der Waals surface area contributed by atoms with Crippen LogP contribution in [0.3, 0.4) is 0 Å². The van der Waals surface area contributed by atoms with Crippen LogP contribution in [0.5, 0.6) is 0 Å². The maximum atomic E-state index is 3.47. The fourth-order valence-electron chi connectivity index (χ4n) is 1.85. The number of nitrogens with zero attached hydrogens (tertiary/aromatic N) is 1. The monoisotopic (exact) mass is 234 g/mol. The van der Waals surface area contributed by atoms with E-state index >= 15 is 0 Å². The number of hydrogen-bond acceptors (Lipinski definition) is 2. The zero-order valence-electron chi connectivity index (χ0n) is 11.7. The predicted molar refractivity (Wildman–Crippen MR) is 75.3 cm³/mol. The van der Waals surface area contributed by atoms with Crippen LogP contribution in [0.1, 0.15) is 31.9 Å². The molecule has 0 radical (unpaired) electrons. The second-order valence-electron chi connectivity index (χ2n) is 4.96. The van der Waals surface area contributed by atoms with Crippen LogP contribution in [0.2, 0.25) is 0 Å². The quantitative estimate of drug-likeness (QED) is 0.780. The SMILES string of the molecule is CCN(C)Cc1ccccc1CCNC(C)C. The van der Waals surface area contributed by atoms with Crippen molar-refractivity contribution < 1.29 is 0 Å². The van der Waals surface area contributed by atoms with Crippen molar-refractivity contribution in [1.29, 1.82) is 0 Å². The molecule has 0 spiro atoms. The van der Waals surface area contributed by atoms with Crippen molar-refractivity contribution in [3.05, 3.63) is 35.4 Å². The molecule has 0 aliphatic heterocycles. The van der Waals surface area contributed by atoms with Crippen LogP contribution in [0.25, 0.3) is 0 Å². The van der Waals surface area contributed by atoms with Gasteiger partial charge in [0, 0.05) is 12.6 Å². The first-order valence-electron chi connectivity index (χ1n) is 6.62. The number of benzene rings is 1. The molecular weight excluding hydrogens is 208 g/mol. The van der Waals surface area contributed by atoms with Gasteiger partial charge in [-0.25, -0.2) is 0 Å². The topological polar surface area (TPSA) is 15.3 Å². The van der Waals surface area contributed by atoms with Crippen LogP contribution in [0.15, 0.2) is 24.3 Å². The highest BCUT2D eigenvalue weighted by atomic mass is 15.1. The summed E-state index contributed by atoms with van der Waals surface area (Å²) in [5, 5.41) is 3.47. The van der Waals surface area contributed by atoms with Crippen LogP contribution >= 0.6 is 0 Å². The van der Waals surface area contributed by atoms with Gasteiger partial charge >= 0.3 is 0 Å². The van der Waals surface area contributed by atoms with Crippen molar-refractivity contribution >= 4 is 0 Å². The lowest BCUT2D eigenvalue weighted by atomic mass is 10.0. The highest BCUT2D eigenvalue weighted by Gasteiger charge is 2.04. The first-order chi connectivity index (χ1) is 8.13. The summed E-state index contributed by atoms with van der Waals surface area (Å²) in [5.74, 6) is 0. The second kappa shape index (κ2) is 7.46. The van der Waals surface area contributed by atoms with Crippen molar-refractivity contribution in [3.63, 3.8) is 0 Å². The third-order valence-electron chi connectivity index (χ3n) is 3.05. The molecule has 1 aromatic carbocycles. The Hall–Kier alpha value is -0.860. The van der Waals surface area contributed by atoms with Crippen LogP contribution in [0.4, 0.5) is 0 Å². The second-order valence-corrected chi connectivity index (χ2v) is 4.96. The molecule has 2 nitrogen and oxygen atoms in total. The maximum absolute atomic E-state index is 3.47. The summed E-state index contributed by atoms with van der Waals surface area (Å²) >= 11 is 0. The van der Waals surface area contributed by atoms with Gasteiger partial charge in [0.2, 0.25) is 0 Å². The molecule has 0 bridgehead atoms. The molecule has 1 rings (SSSR count). The average molecular weight is 234 g/mol. The molecule has 0 heterocycles. The standard InChI is InChI=1S/C15H26N2/c1-5-17(4)12-15-9-7-6-8-14(15)10-11-16-13(2)3/h6-9,13,16H,5,10-12H2,1-4H3. The van der Waals surface area contributed by atoms with Crippen LogP contribution in [-0.4, -0.2) is 31.1 Å². The molecule has 0 fully saturated rings. The van der Waals surface area contributed by atoms with Gasteiger partial charge in [0.25, 0.3) is 0 Å². The summed E-state index contributed by atoms with van der Waals surface area (Å²) in [6, 6.07) is 9.34. The summed E-state index contributed by atoms with van der Waals surface area (Å²) in [7, 11) is 2.17. The molecule has 0 atom stereocenters. The molecule has 0 aliphatic carbocycles. The van der Waals surface area contributed by atoms with Gasteiger partial charge in [-0.2, -0.15) is 0 Å². The van der Waals surface area contributed by atoms with Crippen LogP contribution < -0.4 is 5.32 Å². The first-order valence-corrected chi connectivity index (χ1v) is 6.62. The molecule has 17 heavy (non-hydrogen) atoms. The Morgan fingerprint density at radius 2 is 1.82 bits per heavy atom. The molecule has 0 saturated carbocycles. The molecular formula is C15H26N2. The van der Waals surface area contributed by atoms with Crippen molar-refractivity contribution in [2.24, 2.45) is 0 Å². The molecule has 1 aromatic rings. The molecule has 0 unspecified atom stereocenters. The van der Waals surface area contributed by atoms with E-state index in [-0.39, 0.29) is 0 Å². The Morgan fingerprint density at radius 1 is 1.18 bits per heavy atom. The van der Waals surface area contributed by atoms with Gasteiger partial charge in [-0.15, -0.1) is 0 Å². The summed E-state index contributed by atoms with van der Waals surface area (Å²) in [6.45, 7) is 9.79. The molecule has 0 amide bonds. The van der Waals surface area contributed by atoms with Gasteiger partial charge in [-0.3, -0.25) is 0 Å². The largest absolute Gasteiger partial charge is 0.314 e. The van der Waals surface area contributed by atoms with Gasteiger partial charge in [0.15, 0.2) is 0 Å². The fraction of sp³-hybridized carbons (Fsp3) is 0.600. The van der Waals surface area contributed by atoms with E-state index < -0.39 is 0 Å². The third kappa shape index (κ3) is 5.33. The normalized spacial score (nSPS) is 11.4. The lowest BCUT2D eigenvalue weighted by molar-refractivity contribution is 0.344. The zero-order chi connectivity index (χ0) is 12.7. The Morgan fingerprint density at radius 3 is 2.41 bits per heavy atom. The minimum absolute atomic E-state index is 0.570.